The average molecular weight is 239 g/mol. The Morgan fingerprint density at radius 2 is 1.82 bits per heavy atom. The minimum atomic E-state index is -3.09. The van der Waals surface area contributed by atoms with E-state index in [2.05, 4.69) is 0 Å². The highest BCUT2D eigenvalue weighted by molar-refractivity contribution is 7.67. The Hall–Kier alpha value is 1.06. The summed E-state index contributed by atoms with van der Waals surface area (Å²) in [4.78, 5) is 0. The van der Waals surface area contributed by atoms with Crippen molar-refractivity contribution in [1.82, 2.24) is 0 Å². The van der Waals surface area contributed by atoms with Crippen molar-refractivity contribution in [2.45, 2.75) is 17.4 Å². The highest BCUT2D eigenvalue weighted by atomic mass is 35.6. The molecular formula is C5H10Cl3O2P. The van der Waals surface area contributed by atoms with Gasteiger partial charge in [-0.2, -0.15) is 0 Å². The Labute approximate surface area is 81.6 Å². The molecule has 2 nitrogen and oxygen atoms in total. The van der Waals surface area contributed by atoms with Crippen molar-refractivity contribution < 1.29 is 9.09 Å². The molecule has 0 amide bonds. The maximum absolute atomic E-state index is 11.6. The fourth-order valence-corrected chi connectivity index (χ4v) is 3.17. The molecule has 11 heavy (non-hydrogen) atoms. The van der Waals surface area contributed by atoms with E-state index in [0.29, 0.717) is 6.61 Å². The number of hydrogen-bond acceptors (Lipinski definition) is 2. The van der Waals surface area contributed by atoms with E-state index in [0.717, 1.165) is 0 Å². The summed E-state index contributed by atoms with van der Waals surface area (Å²) >= 11 is 16.4. The second kappa shape index (κ2) is 4.34. The predicted octanol–water partition coefficient (Wildman–Crippen LogP) is 3.65. The molecule has 0 aromatic rings. The molecule has 0 rings (SSSR count). The van der Waals surface area contributed by atoms with E-state index in [-0.39, 0.29) is 6.16 Å². The van der Waals surface area contributed by atoms with Gasteiger partial charge in [-0.1, -0.05) is 41.7 Å². The van der Waals surface area contributed by atoms with Crippen molar-refractivity contribution in [2.75, 3.05) is 12.8 Å². The van der Waals surface area contributed by atoms with Gasteiger partial charge in [-0.05, 0) is 6.92 Å². The molecule has 6 heteroatoms. The summed E-state index contributed by atoms with van der Waals surface area (Å²) in [5, 5.41) is 0. The lowest BCUT2D eigenvalue weighted by molar-refractivity contribution is 0.333. The van der Waals surface area contributed by atoms with Crippen LogP contribution in [-0.4, -0.2) is 16.3 Å². The second-order valence-electron chi connectivity index (χ2n) is 1.88. The molecule has 0 radical (unpaired) electrons. The summed E-state index contributed by atoms with van der Waals surface area (Å²) in [5.74, 6) is 0. The SMILES string of the molecule is CCO[P@](=O)(CC)C(Cl)(Cl)Cl. The molecule has 1 atom stereocenters. The number of halogens is 3. The van der Waals surface area contributed by atoms with Crippen LogP contribution in [0.3, 0.4) is 0 Å². The van der Waals surface area contributed by atoms with Crippen molar-refractivity contribution in [1.29, 1.82) is 0 Å². The lowest BCUT2D eigenvalue weighted by Gasteiger charge is -2.22. The summed E-state index contributed by atoms with van der Waals surface area (Å²) in [6.07, 6.45) is 0.233. The first-order chi connectivity index (χ1) is 4.87. The fourth-order valence-electron chi connectivity index (χ4n) is 0.552. The first-order valence-electron chi connectivity index (χ1n) is 3.17. The van der Waals surface area contributed by atoms with Gasteiger partial charge in [-0.3, -0.25) is 4.57 Å². The molecule has 0 aliphatic rings. The largest absolute Gasteiger partial charge is 0.326 e. The van der Waals surface area contributed by atoms with Crippen LogP contribution in [0.25, 0.3) is 0 Å². The fraction of sp³-hybridized carbons (Fsp3) is 1.00. The molecule has 0 aromatic heterocycles. The van der Waals surface area contributed by atoms with Gasteiger partial charge < -0.3 is 4.52 Å². The zero-order valence-electron chi connectivity index (χ0n) is 6.31. The predicted molar refractivity (Wildman–Crippen MR) is 50.1 cm³/mol. The van der Waals surface area contributed by atoms with Crippen LogP contribution in [0.1, 0.15) is 13.8 Å². The Morgan fingerprint density at radius 1 is 1.36 bits per heavy atom. The summed E-state index contributed by atoms with van der Waals surface area (Å²) < 4.78 is 14.7. The molecule has 0 saturated carbocycles. The third kappa shape index (κ3) is 3.12. The van der Waals surface area contributed by atoms with E-state index in [1.54, 1.807) is 13.8 Å². The lowest BCUT2D eigenvalue weighted by atomic mass is 10.9. The Bertz CT molecular complexity index is 166. The van der Waals surface area contributed by atoms with E-state index in [1.165, 1.54) is 0 Å². The first kappa shape index (κ1) is 12.1. The second-order valence-corrected chi connectivity index (χ2v) is 7.86. The molecule has 0 saturated heterocycles. The van der Waals surface area contributed by atoms with E-state index in [4.69, 9.17) is 39.3 Å². The summed E-state index contributed by atoms with van der Waals surface area (Å²) in [6.45, 7) is 3.66. The Kier molecular flexibility index (Phi) is 4.76. The highest BCUT2D eigenvalue weighted by Crippen LogP contribution is 2.65. The van der Waals surface area contributed by atoms with Gasteiger partial charge in [0.1, 0.15) is 0 Å². The maximum Gasteiger partial charge on any atom is 0.266 e. The standard InChI is InChI=1S/C5H10Cl3O2P/c1-3-10-11(9,4-2)5(6,7)8/h3-4H2,1-2H3/t11-/m1/s1. The van der Waals surface area contributed by atoms with Gasteiger partial charge in [0.15, 0.2) is 0 Å². The first-order valence-corrected chi connectivity index (χ1v) is 6.12. The van der Waals surface area contributed by atoms with Crippen LogP contribution in [-0.2, 0) is 9.09 Å². The molecule has 0 heterocycles. The monoisotopic (exact) mass is 238 g/mol. The van der Waals surface area contributed by atoms with Crippen molar-refractivity contribution in [2.24, 2.45) is 0 Å². The quantitative estimate of drug-likeness (QED) is 0.555. The van der Waals surface area contributed by atoms with Crippen molar-refractivity contribution in [3.05, 3.63) is 0 Å². The third-order valence-electron chi connectivity index (χ3n) is 1.14. The molecular weight excluding hydrogens is 229 g/mol. The lowest BCUT2D eigenvalue weighted by Crippen LogP contribution is -2.09. The van der Waals surface area contributed by atoms with Crippen LogP contribution in [0.5, 0.6) is 0 Å². The van der Waals surface area contributed by atoms with Gasteiger partial charge >= 0.3 is 0 Å². The Morgan fingerprint density at radius 3 is 1.91 bits per heavy atom. The van der Waals surface area contributed by atoms with E-state index < -0.39 is 10.9 Å². The highest BCUT2D eigenvalue weighted by Gasteiger charge is 2.43. The summed E-state index contributed by atoms with van der Waals surface area (Å²) in [5.41, 5.74) is 0. The molecule has 0 bridgehead atoms. The average Bonchev–Trinajstić information content (AvgIpc) is 1.86. The molecule has 0 N–H and O–H groups in total. The van der Waals surface area contributed by atoms with Gasteiger partial charge in [0.2, 0.25) is 0 Å². The third-order valence-corrected chi connectivity index (χ3v) is 5.74. The van der Waals surface area contributed by atoms with E-state index >= 15 is 0 Å². The minimum absolute atomic E-state index is 0.233. The molecule has 68 valence electrons. The molecule has 0 aliphatic carbocycles. The van der Waals surface area contributed by atoms with Crippen molar-refractivity contribution in [3.8, 4) is 0 Å². The van der Waals surface area contributed by atoms with Gasteiger partial charge in [0.25, 0.3) is 10.9 Å². The van der Waals surface area contributed by atoms with E-state index in [9.17, 15) is 4.57 Å². The van der Waals surface area contributed by atoms with Gasteiger partial charge in [-0.15, -0.1) is 0 Å². The van der Waals surface area contributed by atoms with Crippen LogP contribution in [0, 0.1) is 0 Å². The van der Waals surface area contributed by atoms with E-state index in [1.807, 2.05) is 0 Å². The van der Waals surface area contributed by atoms with Crippen LogP contribution in [0.4, 0.5) is 0 Å². The topological polar surface area (TPSA) is 26.3 Å². The van der Waals surface area contributed by atoms with Crippen LogP contribution >= 0.6 is 42.2 Å². The van der Waals surface area contributed by atoms with Gasteiger partial charge in [0.05, 0.1) is 6.61 Å². The van der Waals surface area contributed by atoms with Crippen molar-refractivity contribution >= 4 is 42.2 Å². The number of alkyl halides is 3. The number of hydrogen-bond donors (Lipinski definition) is 0. The zero-order valence-corrected chi connectivity index (χ0v) is 9.47. The summed E-state index contributed by atoms with van der Waals surface area (Å²) in [7, 11) is -3.09. The van der Waals surface area contributed by atoms with Crippen LogP contribution < -0.4 is 0 Å². The van der Waals surface area contributed by atoms with Gasteiger partial charge in [0, 0.05) is 6.16 Å². The molecule has 0 fully saturated rings. The van der Waals surface area contributed by atoms with Gasteiger partial charge in [-0.25, -0.2) is 0 Å². The Balaban J connectivity index is 4.48. The molecule has 0 aromatic carbocycles. The minimum Gasteiger partial charge on any atom is -0.326 e. The smallest absolute Gasteiger partial charge is 0.266 e. The normalized spacial score (nSPS) is 17.9. The number of rotatable bonds is 3. The maximum atomic E-state index is 11.6. The summed E-state index contributed by atoms with van der Waals surface area (Å²) in [6, 6.07) is 0. The zero-order chi connectivity index (χ0) is 9.12. The van der Waals surface area contributed by atoms with Crippen molar-refractivity contribution in [3.63, 3.8) is 0 Å². The molecule has 0 aliphatic heterocycles. The molecule has 0 spiro atoms. The van der Waals surface area contributed by atoms with Crippen LogP contribution in [0.15, 0.2) is 0 Å². The van der Waals surface area contributed by atoms with Crippen LogP contribution in [0.2, 0.25) is 0 Å². The molecule has 0 unspecified atom stereocenters.